The summed E-state index contributed by atoms with van der Waals surface area (Å²) >= 11 is 0. The molecule has 3 unspecified atom stereocenters. The minimum Gasteiger partial charge on any atom is -0.481 e. The summed E-state index contributed by atoms with van der Waals surface area (Å²) in [5, 5.41) is 9.12. The number of methoxy groups -OCH3 is 1. The van der Waals surface area contributed by atoms with E-state index in [4.69, 9.17) is 9.84 Å². The van der Waals surface area contributed by atoms with Crippen LogP contribution >= 0.6 is 0 Å². The lowest BCUT2D eigenvalue weighted by Crippen LogP contribution is -2.51. The summed E-state index contributed by atoms with van der Waals surface area (Å²) < 4.78 is 5.56. The van der Waals surface area contributed by atoms with Crippen LogP contribution in [0, 0.1) is 5.92 Å². The highest BCUT2D eigenvalue weighted by Crippen LogP contribution is 2.28. The summed E-state index contributed by atoms with van der Waals surface area (Å²) in [4.78, 5) is 13.4. The molecule has 0 bridgehead atoms. The minimum absolute atomic E-state index is 0.178. The van der Waals surface area contributed by atoms with Gasteiger partial charge in [0.05, 0.1) is 12.0 Å². The van der Waals surface area contributed by atoms with Crippen LogP contribution in [0.5, 0.6) is 0 Å². The predicted molar refractivity (Wildman–Crippen MR) is 65.0 cm³/mol. The van der Waals surface area contributed by atoms with Crippen LogP contribution in [0.4, 0.5) is 0 Å². The highest BCUT2D eigenvalue weighted by Gasteiger charge is 2.34. The second-order valence-electron chi connectivity index (χ2n) is 5.30. The first-order chi connectivity index (χ1) is 8.22. The predicted octanol–water partition coefficient (Wildman–Crippen LogP) is 1.74. The van der Waals surface area contributed by atoms with Crippen LogP contribution in [-0.2, 0) is 9.53 Å². The lowest BCUT2D eigenvalue weighted by atomic mass is 9.88. The molecule has 1 saturated heterocycles. The molecular formula is C13H23NO3. The molecule has 1 saturated carbocycles. The van der Waals surface area contributed by atoms with Crippen LogP contribution < -0.4 is 0 Å². The van der Waals surface area contributed by atoms with Gasteiger partial charge in [-0.05, 0) is 32.2 Å². The van der Waals surface area contributed by atoms with Gasteiger partial charge >= 0.3 is 5.97 Å². The molecule has 1 aliphatic heterocycles. The van der Waals surface area contributed by atoms with E-state index in [2.05, 4.69) is 4.90 Å². The molecule has 4 nitrogen and oxygen atoms in total. The smallest absolute Gasteiger partial charge is 0.307 e. The second kappa shape index (κ2) is 5.83. The molecule has 3 atom stereocenters. The Kier molecular flexibility index (Phi) is 4.40. The van der Waals surface area contributed by atoms with Crippen molar-refractivity contribution in [3.63, 3.8) is 0 Å². The average molecular weight is 241 g/mol. The van der Waals surface area contributed by atoms with Crippen molar-refractivity contribution in [2.45, 2.75) is 50.7 Å². The molecule has 4 heteroatoms. The third-order valence-electron chi connectivity index (χ3n) is 4.24. The second-order valence-corrected chi connectivity index (χ2v) is 5.30. The van der Waals surface area contributed by atoms with Crippen molar-refractivity contribution < 1.29 is 14.6 Å². The summed E-state index contributed by atoms with van der Waals surface area (Å²) in [6.45, 7) is 1.74. The largest absolute Gasteiger partial charge is 0.481 e. The van der Waals surface area contributed by atoms with E-state index in [9.17, 15) is 4.79 Å². The van der Waals surface area contributed by atoms with E-state index >= 15 is 0 Å². The topological polar surface area (TPSA) is 49.8 Å². The average Bonchev–Trinajstić information content (AvgIpc) is 2.39. The van der Waals surface area contributed by atoms with Crippen molar-refractivity contribution in [2.75, 3.05) is 20.2 Å². The molecule has 1 heterocycles. The summed E-state index contributed by atoms with van der Waals surface area (Å²) in [7, 11) is 1.78. The zero-order valence-corrected chi connectivity index (χ0v) is 10.6. The van der Waals surface area contributed by atoms with Gasteiger partial charge in [0, 0.05) is 19.7 Å². The van der Waals surface area contributed by atoms with E-state index < -0.39 is 5.97 Å². The Morgan fingerprint density at radius 3 is 2.71 bits per heavy atom. The van der Waals surface area contributed by atoms with Crippen molar-refractivity contribution >= 4 is 5.97 Å². The zero-order chi connectivity index (χ0) is 12.3. The van der Waals surface area contributed by atoms with Gasteiger partial charge < -0.3 is 9.84 Å². The molecule has 0 aromatic carbocycles. The monoisotopic (exact) mass is 241 g/mol. The van der Waals surface area contributed by atoms with Gasteiger partial charge in [-0.25, -0.2) is 0 Å². The van der Waals surface area contributed by atoms with Gasteiger partial charge in [-0.15, -0.1) is 0 Å². The first-order valence-electron chi connectivity index (χ1n) is 6.72. The SMILES string of the molecule is COC1CCCCC1N1CCCC(C(=O)O)C1. The van der Waals surface area contributed by atoms with E-state index in [1.54, 1.807) is 7.11 Å². The Hall–Kier alpha value is -0.610. The van der Waals surface area contributed by atoms with Crippen LogP contribution in [0.3, 0.4) is 0 Å². The number of carboxylic acids is 1. The Labute approximate surface area is 103 Å². The Morgan fingerprint density at radius 2 is 2.00 bits per heavy atom. The van der Waals surface area contributed by atoms with E-state index in [-0.39, 0.29) is 5.92 Å². The first-order valence-corrected chi connectivity index (χ1v) is 6.72. The standard InChI is InChI=1S/C13H23NO3/c1-17-12-7-3-2-6-11(12)14-8-4-5-10(9-14)13(15)16/h10-12H,2-9H2,1H3,(H,15,16). The van der Waals surface area contributed by atoms with E-state index in [1.165, 1.54) is 12.8 Å². The summed E-state index contributed by atoms with van der Waals surface area (Å²) in [5.41, 5.74) is 0. The minimum atomic E-state index is -0.639. The van der Waals surface area contributed by atoms with Gasteiger partial charge in [-0.2, -0.15) is 0 Å². The van der Waals surface area contributed by atoms with Crippen LogP contribution in [0.25, 0.3) is 0 Å². The highest BCUT2D eigenvalue weighted by molar-refractivity contribution is 5.70. The third kappa shape index (κ3) is 2.99. The maximum atomic E-state index is 11.1. The van der Waals surface area contributed by atoms with Gasteiger partial charge in [-0.1, -0.05) is 12.8 Å². The Balaban J connectivity index is 1.97. The number of carbonyl (C=O) groups is 1. The van der Waals surface area contributed by atoms with Gasteiger partial charge in [0.1, 0.15) is 0 Å². The summed E-state index contributed by atoms with van der Waals surface area (Å²) in [5.74, 6) is -0.817. The van der Waals surface area contributed by atoms with Gasteiger partial charge in [-0.3, -0.25) is 9.69 Å². The molecule has 0 amide bonds. The van der Waals surface area contributed by atoms with Crippen molar-refractivity contribution in [3.05, 3.63) is 0 Å². The lowest BCUT2D eigenvalue weighted by molar-refractivity contribution is -0.144. The number of nitrogens with zero attached hydrogens (tertiary/aromatic N) is 1. The number of carboxylic acid groups (broad SMARTS) is 1. The Morgan fingerprint density at radius 1 is 1.24 bits per heavy atom. The van der Waals surface area contributed by atoms with Crippen molar-refractivity contribution in [1.82, 2.24) is 4.90 Å². The summed E-state index contributed by atoms with van der Waals surface area (Å²) in [6, 6.07) is 0.441. The number of rotatable bonds is 3. The summed E-state index contributed by atoms with van der Waals surface area (Å²) in [6.07, 6.45) is 6.90. The molecule has 2 fully saturated rings. The Bertz CT molecular complexity index is 269. The number of piperidine rings is 1. The molecular weight excluding hydrogens is 218 g/mol. The fourth-order valence-corrected chi connectivity index (χ4v) is 3.28. The van der Waals surface area contributed by atoms with E-state index in [0.717, 1.165) is 32.2 Å². The third-order valence-corrected chi connectivity index (χ3v) is 4.24. The maximum absolute atomic E-state index is 11.1. The lowest BCUT2D eigenvalue weighted by Gasteiger charge is -2.42. The quantitative estimate of drug-likeness (QED) is 0.817. The van der Waals surface area contributed by atoms with Gasteiger partial charge in [0.2, 0.25) is 0 Å². The normalized spacial score (nSPS) is 35.7. The van der Waals surface area contributed by atoms with Crippen LogP contribution in [0.15, 0.2) is 0 Å². The zero-order valence-electron chi connectivity index (χ0n) is 10.6. The van der Waals surface area contributed by atoms with E-state index in [1.807, 2.05) is 0 Å². The van der Waals surface area contributed by atoms with Crippen LogP contribution in [0.2, 0.25) is 0 Å². The number of aliphatic carboxylic acids is 1. The molecule has 0 aromatic heterocycles. The molecule has 0 aromatic rings. The van der Waals surface area contributed by atoms with E-state index in [0.29, 0.717) is 18.7 Å². The molecule has 2 aliphatic rings. The van der Waals surface area contributed by atoms with Gasteiger partial charge in [0.25, 0.3) is 0 Å². The van der Waals surface area contributed by atoms with Gasteiger partial charge in [0.15, 0.2) is 0 Å². The highest BCUT2D eigenvalue weighted by atomic mass is 16.5. The number of likely N-dealkylation sites (tertiary alicyclic amines) is 1. The van der Waals surface area contributed by atoms with Crippen molar-refractivity contribution in [2.24, 2.45) is 5.92 Å². The number of ether oxygens (including phenoxy) is 1. The molecule has 1 aliphatic carbocycles. The number of hydrogen-bond acceptors (Lipinski definition) is 3. The molecule has 0 radical (unpaired) electrons. The van der Waals surface area contributed by atoms with Crippen LogP contribution in [0.1, 0.15) is 38.5 Å². The fourth-order valence-electron chi connectivity index (χ4n) is 3.28. The van der Waals surface area contributed by atoms with Crippen molar-refractivity contribution in [3.8, 4) is 0 Å². The molecule has 98 valence electrons. The van der Waals surface area contributed by atoms with Crippen molar-refractivity contribution in [1.29, 1.82) is 0 Å². The fraction of sp³-hybridized carbons (Fsp3) is 0.923. The molecule has 0 spiro atoms. The van der Waals surface area contributed by atoms with Crippen LogP contribution in [-0.4, -0.2) is 48.3 Å². The molecule has 1 N–H and O–H groups in total. The first kappa shape index (κ1) is 12.8. The molecule has 2 rings (SSSR count). The molecule has 17 heavy (non-hydrogen) atoms. The maximum Gasteiger partial charge on any atom is 0.307 e. The number of hydrogen-bond donors (Lipinski definition) is 1.